The summed E-state index contributed by atoms with van der Waals surface area (Å²) < 4.78 is 0.767. The number of aromatic amines is 1. The molecule has 0 fully saturated rings. The van der Waals surface area contributed by atoms with Crippen molar-refractivity contribution >= 4 is 22.9 Å². The maximum Gasteiger partial charge on any atom is 0.103 e. The summed E-state index contributed by atoms with van der Waals surface area (Å²) in [5.41, 5.74) is 7.49. The molecule has 0 saturated heterocycles. The number of rotatable bonds is 2. The Kier molecular flexibility index (Phi) is 2.58. The monoisotopic (exact) mass is 227 g/mol. The predicted octanol–water partition coefficient (Wildman–Crippen LogP) is 2.56. The summed E-state index contributed by atoms with van der Waals surface area (Å²) in [4.78, 5) is 8.57. The van der Waals surface area contributed by atoms with Crippen molar-refractivity contribution in [3.8, 4) is 10.6 Å². The number of hydrogen-bond acceptors (Lipinski definition) is 3. The number of aromatic nitrogens is 2. The maximum absolute atomic E-state index is 5.86. The van der Waals surface area contributed by atoms with Crippen LogP contribution in [0.25, 0.3) is 10.6 Å². The van der Waals surface area contributed by atoms with E-state index in [4.69, 9.17) is 17.3 Å². The molecule has 3 nitrogen and oxygen atoms in total. The molecule has 14 heavy (non-hydrogen) atoms. The van der Waals surface area contributed by atoms with Gasteiger partial charge in [0.25, 0.3) is 0 Å². The highest BCUT2D eigenvalue weighted by Crippen LogP contribution is 2.31. The lowest BCUT2D eigenvalue weighted by molar-refractivity contribution is 0.999. The fourth-order valence-corrected chi connectivity index (χ4v) is 2.39. The quantitative estimate of drug-likeness (QED) is 0.829. The van der Waals surface area contributed by atoms with Crippen LogP contribution in [0, 0.1) is 6.92 Å². The van der Waals surface area contributed by atoms with E-state index in [9.17, 15) is 0 Å². The molecule has 0 atom stereocenters. The maximum atomic E-state index is 5.86. The largest absolute Gasteiger partial charge is 0.344 e. The molecule has 0 radical (unpaired) electrons. The molecule has 3 N–H and O–H groups in total. The van der Waals surface area contributed by atoms with Gasteiger partial charge in [-0.1, -0.05) is 11.6 Å². The van der Waals surface area contributed by atoms with Gasteiger partial charge >= 0.3 is 0 Å². The Balaban J connectivity index is 2.49. The highest BCUT2D eigenvalue weighted by Gasteiger charge is 2.10. The third-order valence-electron chi connectivity index (χ3n) is 1.91. The van der Waals surface area contributed by atoms with Gasteiger partial charge in [-0.05, 0) is 19.1 Å². The lowest BCUT2D eigenvalue weighted by Crippen LogP contribution is -1.98. The first kappa shape index (κ1) is 9.71. The van der Waals surface area contributed by atoms with E-state index in [1.807, 2.05) is 19.1 Å². The average molecular weight is 228 g/mol. The van der Waals surface area contributed by atoms with Crippen molar-refractivity contribution in [1.82, 2.24) is 9.97 Å². The Morgan fingerprint density at radius 1 is 1.57 bits per heavy atom. The fourth-order valence-electron chi connectivity index (χ4n) is 1.33. The predicted molar refractivity (Wildman–Crippen MR) is 59.5 cm³/mol. The van der Waals surface area contributed by atoms with Gasteiger partial charge in [-0.25, -0.2) is 4.98 Å². The van der Waals surface area contributed by atoms with Crippen LogP contribution in [0.1, 0.15) is 11.5 Å². The minimum absolute atomic E-state index is 0.464. The van der Waals surface area contributed by atoms with E-state index in [2.05, 4.69) is 9.97 Å². The van der Waals surface area contributed by atoms with Crippen molar-refractivity contribution in [1.29, 1.82) is 0 Å². The summed E-state index contributed by atoms with van der Waals surface area (Å²) >= 11 is 7.37. The smallest absolute Gasteiger partial charge is 0.103 e. The number of nitrogens with zero attached hydrogens (tertiary/aromatic N) is 1. The fraction of sp³-hybridized carbons (Fsp3) is 0.222. The molecule has 0 spiro atoms. The van der Waals surface area contributed by atoms with Crippen molar-refractivity contribution in [2.75, 3.05) is 0 Å². The van der Waals surface area contributed by atoms with Gasteiger partial charge in [0.15, 0.2) is 0 Å². The van der Waals surface area contributed by atoms with Crippen molar-refractivity contribution < 1.29 is 0 Å². The number of H-pyrrole nitrogens is 1. The van der Waals surface area contributed by atoms with Crippen LogP contribution in [-0.2, 0) is 6.54 Å². The zero-order chi connectivity index (χ0) is 10.1. The summed E-state index contributed by atoms with van der Waals surface area (Å²) in [7, 11) is 0. The lowest BCUT2D eigenvalue weighted by atomic mass is 10.3. The number of aryl methyl sites for hydroxylation is 1. The molecular weight excluding hydrogens is 218 g/mol. The zero-order valence-electron chi connectivity index (χ0n) is 7.67. The van der Waals surface area contributed by atoms with Gasteiger partial charge in [0, 0.05) is 6.54 Å². The number of nitrogens with one attached hydrogen (secondary N) is 1. The Hall–Kier alpha value is -0.840. The van der Waals surface area contributed by atoms with Crippen molar-refractivity contribution in [3.63, 3.8) is 0 Å². The molecule has 5 heteroatoms. The van der Waals surface area contributed by atoms with E-state index in [1.165, 1.54) is 11.3 Å². The van der Waals surface area contributed by atoms with Gasteiger partial charge in [-0.2, -0.15) is 0 Å². The third-order valence-corrected chi connectivity index (χ3v) is 3.15. The van der Waals surface area contributed by atoms with Crippen LogP contribution >= 0.6 is 22.9 Å². The number of nitrogens with two attached hydrogens (primary N) is 1. The molecule has 2 heterocycles. The van der Waals surface area contributed by atoms with Gasteiger partial charge in [-0.15, -0.1) is 11.3 Å². The van der Waals surface area contributed by atoms with E-state index in [0.717, 1.165) is 26.4 Å². The number of thiophene rings is 1. The van der Waals surface area contributed by atoms with Gasteiger partial charge in [-0.3, -0.25) is 0 Å². The van der Waals surface area contributed by atoms with E-state index >= 15 is 0 Å². The molecule has 0 unspecified atom stereocenters. The molecule has 0 saturated carbocycles. The first-order valence-corrected chi connectivity index (χ1v) is 5.41. The van der Waals surface area contributed by atoms with Crippen LogP contribution in [0.15, 0.2) is 12.1 Å². The molecule has 0 aliphatic heterocycles. The lowest BCUT2D eigenvalue weighted by Gasteiger charge is -1.94. The molecule has 0 amide bonds. The molecule has 2 aromatic heterocycles. The summed E-state index contributed by atoms with van der Waals surface area (Å²) in [6.45, 7) is 2.38. The van der Waals surface area contributed by atoms with Crippen LogP contribution in [-0.4, -0.2) is 9.97 Å². The first-order valence-electron chi connectivity index (χ1n) is 4.22. The van der Waals surface area contributed by atoms with Crippen LogP contribution in [0.5, 0.6) is 0 Å². The molecule has 74 valence electrons. The average Bonchev–Trinajstić information content (AvgIpc) is 2.71. The van der Waals surface area contributed by atoms with Crippen molar-refractivity contribution in [3.05, 3.63) is 28.0 Å². The highest BCUT2D eigenvalue weighted by atomic mass is 35.5. The first-order chi connectivity index (χ1) is 6.70. The van der Waals surface area contributed by atoms with E-state index in [0.29, 0.717) is 6.54 Å². The summed E-state index contributed by atoms with van der Waals surface area (Å²) in [6, 6.07) is 3.83. The summed E-state index contributed by atoms with van der Waals surface area (Å²) in [5.74, 6) is 0.880. The molecule has 0 bridgehead atoms. The minimum atomic E-state index is 0.464. The van der Waals surface area contributed by atoms with Gasteiger partial charge < -0.3 is 10.7 Å². The zero-order valence-corrected chi connectivity index (χ0v) is 9.25. The number of hydrogen-bond donors (Lipinski definition) is 2. The molecule has 0 aromatic carbocycles. The van der Waals surface area contributed by atoms with E-state index < -0.39 is 0 Å². The Morgan fingerprint density at radius 2 is 2.36 bits per heavy atom. The van der Waals surface area contributed by atoms with Crippen LogP contribution in [0.3, 0.4) is 0 Å². The molecule has 0 aliphatic rings. The molecule has 2 aromatic rings. The Bertz CT molecular complexity index is 447. The van der Waals surface area contributed by atoms with Crippen LogP contribution < -0.4 is 5.73 Å². The van der Waals surface area contributed by atoms with Crippen LogP contribution in [0.2, 0.25) is 4.34 Å². The van der Waals surface area contributed by atoms with Gasteiger partial charge in [0.1, 0.15) is 11.5 Å². The van der Waals surface area contributed by atoms with Crippen molar-refractivity contribution in [2.45, 2.75) is 13.5 Å². The van der Waals surface area contributed by atoms with Gasteiger partial charge in [0.05, 0.1) is 14.9 Å². The Morgan fingerprint density at radius 3 is 2.93 bits per heavy atom. The van der Waals surface area contributed by atoms with E-state index in [-0.39, 0.29) is 0 Å². The van der Waals surface area contributed by atoms with Crippen molar-refractivity contribution in [2.24, 2.45) is 5.73 Å². The molecule has 2 rings (SSSR count). The highest BCUT2D eigenvalue weighted by molar-refractivity contribution is 7.19. The third kappa shape index (κ3) is 1.68. The second kappa shape index (κ2) is 3.73. The molecular formula is C9H10ClN3S. The summed E-state index contributed by atoms with van der Waals surface area (Å²) in [5, 5.41) is 0. The summed E-state index contributed by atoms with van der Waals surface area (Å²) in [6.07, 6.45) is 0. The topological polar surface area (TPSA) is 54.7 Å². The standard InChI is InChI=1S/C9H10ClN3S/c1-5-12-6(4-11)9(13-5)7-2-3-8(10)14-7/h2-3H,4,11H2,1H3,(H,12,13). The second-order valence-electron chi connectivity index (χ2n) is 2.96. The Labute approximate surface area is 90.9 Å². The minimum Gasteiger partial charge on any atom is -0.344 e. The van der Waals surface area contributed by atoms with Gasteiger partial charge in [0.2, 0.25) is 0 Å². The normalized spacial score (nSPS) is 10.8. The molecule has 0 aliphatic carbocycles. The van der Waals surface area contributed by atoms with Crippen LogP contribution in [0.4, 0.5) is 0 Å². The second-order valence-corrected chi connectivity index (χ2v) is 4.67. The number of imidazole rings is 1. The SMILES string of the molecule is Cc1nc(-c2ccc(Cl)s2)c(CN)[nH]1. The van der Waals surface area contributed by atoms with E-state index in [1.54, 1.807) is 0 Å². The number of halogens is 1.